The van der Waals surface area contributed by atoms with E-state index in [1.165, 1.54) is 0 Å². The first-order valence-electron chi connectivity index (χ1n) is 4.57. The minimum absolute atomic E-state index is 0.0357. The molecular weight excluding hydrogens is 176 g/mol. The molecule has 2 N–H and O–H groups in total. The molecule has 0 fully saturated rings. The first-order valence-corrected chi connectivity index (χ1v) is 4.57. The number of hydrogen-bond donors (Lipinski definition) is 2. The molecule has 0 aliphatic heterocycles. The molecule has 3 nitrogen and oxygen atoms in total. The van der Waals surface area contributed by atoms with Crippen molar-refractivity contribution in [1.29, 1.82) is 0 Å². The summed E-state index contributed by atoms with van der Waals surface area (Å²) in [4.78, 5) is 4.14. The highest BCUT2D eigenvalue weighted by atomic mass is 16.3. The number of nitrogens with one attached hydrogen (secondary N) is 1. The summed E-state index contributed by atoms with van der Waals surface area (Å²) in [7, 11) is 1.90. The summed E-state index contributed by atoms with van der Waals surface area (Å²) < 4.78 is 0. The van der Waals surface area contributed by atoms with E-state index < -0.39 is 0 Å². The van der Waals surface area contributed by atoms with Gasteiger partial charge in [0, 0.05) is 13.0 Å². The summed E-state index contributed by atoms with van der Waals surface area (Å²) in [5, 5.41) is 11.9. The molecule has 0 amide bonds. The molecular formula is C11H14N2O. The van der Waals surface area contributed by atoms with Crippen LogP contribution in [0.3, 0.4) is 0 Å². The van der Waals surface area contributed by atoms with Crippen molar-refractivity contribution in [2.45, 2.75) is 13.0 Å². The second-order valence-electron chi connectivity index (χ2n) is 2.83. The fraction of sp³-hybridized carbons (Fsp3) is 0.364. The van der Waals surface area contributed by atoms with Crippen LogP contribution < -0.4 is 5.32 Å². The van der Waals surface area contributed by atoms with Crippen LogP contribution in [0.4, 0.5) is 0 Å². The number of aromatic nitrogens is 1. The second-order valence-corrected chi connectivity index (χ2v) is 2.83. The molecule has 0 aliphatic carbocycles. The summed E-state index contributed by atoms with van der Waals surface area (Å²) >= 11 is 0. The van der Waals surface area contributed by atoms with Crippen molar-refractivity contribution in [3.63, 3.8) is 0 Å². The molecule has 0 aliphatic rings. The van der Waals surface area contributed by atoms with Crippen molar-refractivity contribution >= 4 is 0 Å². The summed E-state index contributed by atoms with van der Waals surface area (Å²) in [5.41, 5.74) is 1.37. The van der Waals surface area contributed by atoms with Crippen LogP contribution >= 0.6 is 0 Å². The fourth-order valence-electron chi connectivity index (χ4n) is 0.978. The lowest BCUT2D eigenvalue weighted by Crippen LogP contribution is -2.05. The van der Waals surface area contributed by atoms with Crippen molar-refractivity contribution < 1.29 is 5.11 Å². The number of pyridine rings is 1. The maximum Gasteiger partial charge on any atom is 0.113 e. The highest BCUT2D eigenvalue weighted by Gasteiger charge is 1.91. The van der Waals surface area contributed by atoms with Gasteiger partial charge in [0.1, 0.15) is 5.69 Å². The minimum Gasteiger partial charge on any atom is -0.390 e. The van der Waals surface area contributed by atoms with Crippen molar-refractivity contribution in [3.05, 3.63) is 29.6 Å². The van der Waals surface area contributed by atoms with E-state index in [9.17, 15) is 0 Å². The van der Waals surface area contributed by atoms with E-state index >= 15 is 0 Å². The van der Waals surface area contributed by atoms with E-state index in [1.54, 1.807) is 6.07 Å². The molecule has 0 spiro atoms. The Bertz CT molecular complexity index is 339. The van der Waals surface area contributed by atoms with Gasteiger partial charge in [-0.25, -0.2) is 4.98 Å². The van der Waals surface area contributed by atoms with Crippen LogP contribution in [-0.4, -0.2) is 23.7 Å². The molecule has 0 atom stereocenters. The van der Waals surface area contributed by atoms with Gasteiger partial charge in [0.2, 0.25) is 0 Å². The Morgan fingerprint density at radius 3 is 3.07 bits per heavy atom. The number of aliphatic hydroxyl groups excluding tert-OH is 1. The summed E-state index contributed by atoms with van der Waals surface area (Å²) in [5.74, 6) is 5.94. The zero-order chi connectivity index (χ0) is 10.2. The number of nitrogens with zero attached hydrogens (tertiary/aromatic N) is 1. The summed E-state index contributed by atoms with van der Waals surface area (Å²) in [6, 6.07) is 5.46. The highest BCUT2D eigenvalue weighted by molar-refractivity contribution is 5.28. The Labute approximate surface area is 84.2 Å². The third-order valence-corrected chi connectivity index (χ3v) is 1.69. The predicted molar refractivity (Wildman–Crippen MR) is 55.6 cm³/mol. The molecule has 74 valence electrons. The standard InChI is InChI=1S/C11H14N2O/c1-12-8-3-2-5-10-6-4-7-11(9-14)13-10/h4,6-7,12,14H,3,8-9H2,1H3. The van der Waals surface area contributed by atoms with Crippen LogP contribution in [0, 0.1) is 11.8 Å². The summed E-state index contributed by atoms with van der Waals surface area (Å²) in [6.45, 7) is 0.846. The van der Waals surface area contributed by atoms with E-state index in [4.69, 9.17) is 5.11 Å². The van der Waals surface area contributed by atoms with Crippen LogP contribution in [0.2, 0.25) is 0 Å². The zero-order valence-electron chi connectivity index (χ0n) is 8.25. The quantitative estimate of drug-likeness (QED) is 0.540. The lowest BCUT2D eigenvalue weighted by atomic mass is 10.3. The van der Waals surface area contributed by atoms with Gasteiger partial charge in [0.15, 0.2) is 0 Å². The first-order chi connectivity index (χ1) is 6.86. The SMILES string of the molecule is CNCCC#Cc1cccc(CO)n1. The van der Waals surface area contributed by atoms with E-state index in [2.05, 4.69) is 22.1 Å². The second kappa shape index (κ2) is 6.14. The normalized spacial score (nSPS) is 9.29. The smallest absolute Gasteiger partial charge is 0.113 e. The van der Waals surface area contributed by atoms with Gasteiger partial charge in [-0.1, -0.05) is 12.0 Å². The van der Waals surface area contributed by atoms with Crippen LogP contribution in [0.15, 0.2) is 18.2 Å². The molecule has 0 aromatic carbocycles. The van der Waals surface area contributed by atoms with Crippen LogP contribution in [-0.2, 0) is 6.61 Å². The van der Waals surface area contributed by atoms with E-state index in [0.29, 0.717) is 11.4 Å². The molecule has 1 aromatic rings. The topological polar surface area (TPSA) is 45.1 Å². The molecule has 0 unspecified atom stereocenters. The molecule has 14 heavy (non-hydrogen) atoms. The van der Waals surface area contributed by atoms with Crippen molar-refractivity contribution in [2.24, 2.45) is 0 Å². The number of aliphatic hydroxyl groups is 1. The lowest BCUT2D eigenvalue weighted by molar-refractivity contribution is 0.277. The third-order valence-electron chi connectivity index (χ3n) is 1.69. The van der Waals surface area contributed by atoms with Crippen LogP contribution in [0.25, 0.3) is 0 Å². The Kier molecular flexibility index (Phi) is 4.70. The van der Waals surface area contributed by atoms with Gasteiger partial charge < -0.3 is 10.4 Å². The zero-order valence-corrected chi connectivity index (χ0v) is 8.25. The van der Waals surface area contributed by atoms with Crippen molar-refractivity contribution in [3.8, 4) is 11.8 Å². The molecule has 0 radical (unpaired) electrons. The Morgan fingerprint density at radius 2 is 2.36 bits per heavy atom. The minimum atomic E-state index is -0.0357. The van der Waals surface area contributed by atoms with Gasteiger partial charge in [-0.05, 0) is 25.1 Å². The average molecular weight is 190 g/mol. The van der Waals surface area contributed by atoms with Gasteiger partial charge >= 0.3 is 0 Å². The van der Waals surface area contributed by atoms with Gasteiger partial charge in [-0.2, -0.15) is 0 Å². The molecule has 0 saturated carbocycles. The van der Waals surface area contributed by atoms with E-state index in [-0.39, 0.29) is 6.61 Å². The Morgan fingerprint density at radius 1 is 1.50 bits per heavy atom. The van der Waals surface area contributed by atoms with E-state index in [0.717, 1.165) is 13.0 Å². The van der Waals surface area contributed by atoms with Crippen LogP contribution in [0.5, 0.6) is 0 Å². The monoisotopic (exact) mass is 190 g/mol. The number of hydrogen-bond acceptors (Lipinski definition) is 3. The van der Waals surface area contributed by atoms with Gasteiger partial charge in [-0.3, -0.25) is 0 Å². The Hall–Kier alpha value is -1.37. The highest BCUT2D eigenvalue weighted by Crippen LogP contribution is 1.97. The lowest BCUT2D eigenvalue weighted by Gasteiger charge is -1.94. The predicted octanol–water partition coefficient (Wildman–Crippen LogP) is 0.535. The molecule has 1 heterocycles. The fourth-order valence-corrected chi connectivity index (χ4v) is 0.978. The largest absolute Gasteiger partial charge is 0.390 e. The Balaban J connectivity index is 2.60. The maximum absolute atomic E-state index is 8.85. The molecule has 3 heteroatoms. The van der Waals surface area contributed by atoms with Crippen LogP contribution in [0.1, 0.15) is 17.8 Å². The summed E-state index contributed by atoms with van der Waals surface area (Å²) in [6.07, 6.45) is 0.807. The van der Waals surface area contributed by atoms with Crippen molar-refractivity contribution in [1.82, 2.24) is 10.3 Å². The molecule has 1 rings (SSSR count). The maximum atomic E-state index is 8.85. The number of rotatable bonds is 3. The molecule has 0 bridgehead atoms. The van der Waals surface area contributed by atoms with Crippen molar-refractivity contribution in [2.75, 3.05) is 13.6 Å². The first kappa shape index (κ1) is 10.7. The average Bonchev–Trinajstić information content (AvgIpc) is 2.25. The molecule has 1 aromatic heterocycles. The molecule has 0 saturated heterocycles. The van der Waals surface area contributed by atoms with Gasteiger partial charge in [0.05, 0.1) is 12.3 Å². The third kappa shape index (κ3) is 3.56. The van der Waals surface area contributed by atoms with Gasteiger partial charge in [0.25, 0.3) is 0 Å². The van der Waals surface area contributed by atoms with E-state index in [1.807, 2.05) is 19.2 Å². The van der Waals surface area contributed by atoms with Gasteiger partial charge in [-0.15, -0.1) is 0 Å².